The molecule has 0 fully saturated rings. The third kappa shape index (κ3) is 0.744. The molecule has 0 saturated heterocycles. The van der Waals surface area contributed by atoms with Gasteiger partial charge in [-0.3, -0.25) is 0 Å². The normalized spacial score (nSPS) is 29.4. The maximum Gasteiger partial charge on any atom is 0.00700 e. The van der Waals surface area contributed by atoms with Gasteiger partial charge in [-0.1, -0.05) is 31.4 Å². The van der Waals surface area contributed by atoms with Crippen molar-refractivity contribution in [2.45, 2.75) is 46.0 Å². The maximum absolute atomic E-state index is 2.38. The van der Waals surface area contributed by atoms with Gasteiger partial charge in [0, 0.05) is 5.41 Å². The van der Waals surface area contributed by atoms with Crippen LogP contribution in [0.3, 0.4) is 0 Å². The van der Waals surface area contributed by atoms with Gasteiger partial charge in [-0.25, -0.2) is 0 Å². The average Bonchev–Trinajstić information content (AvgIpc) is 2.47. The number of hydrogen-bond donors (Lipinski definition) is 0. The van der Waals surface area contributed by atoms with E-state index in [2.05, 4.69) is 13.8 Å². The molecule has 2 aliphatic carbocycles. The van der Waals surface area contributed by atoms with Gasteiger partial charge in [0.25, 0.3) is 0 Å². The molecule has 0 unspecified atom stereocenters. The third-order valence-electron chi connectivity index (χ3n) is 3.16. The van der Waals surface area contributed by atoms with Crippen LogP contribution >= 0.6 is 0 Å². The van der Waals surface area contributed by atoms with Crippen LogP contribution in [0.25, 0.3) is 0 Å². The third-order valence-corrected chi connectivity index (χ3v) is 3.16. The Morgan fingerprint density at radius 1 is 0.900 bits per heavy atom. The molecule has 0 heterocycles. The monoisotopic (exact) mass is 136 g/mol. The van der Waals surface area contributed by atoms with Gasteiger partial charge in [0.05, 0.1) is 0 Å². The van der Waals surface area contributed by atoms with E-state index in [4.69, 9.17) is 0 Å². The second kappa shape index (κ2) is 1.87. The van der Waals surface area contributed by atoms with Gasteiger partial charge in [-0.2, -0.15) is 0 Å². The highest BCUT2D eigenvalue weighted by molar-refractivity contribution is 5.47. The van der Waals surface area contributed by atoms with E-state index in [1.165, 1.54) is 32.1 Å². The molecular weight excluding hydrogens is 120 g/mol. The summed E-state index contributed by atoms with van der Waals surface area (Å²) in [6, 6.07) is 0. The molecule has 2 rings (SSSR count). The Hall–Kier alpha value is -0.260. The molecule has 0 atom stereocenters. The first-order chi connectivity index (χ1) is 4.73. The molecule has 0 spiro atoms. The predicted octanol–water partition coefficient (Wildman–Crippen LogP) is 3.29. The Labute approximate surface area is 63.3 Å². The summed E-state index contributed by atoms with van der Waals surface area (Å²) in [6.45, 7) is 4.76. The minimum Gasteiger partial charge on any atom is -0.0604 e. The first-order valence-corrected chi connectivity index (χ1v) is 4.46. The number of allylic oxidation sites excluding steroid dienone is 2. The van der Waals surface area contributed by atoms with Gasteiger partial charge in [-0.05, 0) is 25.7 Å². The number of rotatable bonds is 0. The van der Waals surface area contributed by atoms with Crippen molar-refractivity contribution in [2.75, 3.05) is 0 Å². The zero-order valence-corrected chi connectivity index (χ0v) is 7.04. The van der Waals surface area contributed by atoms with Gasteiger partial charge in [0.2, 0.25) is 0 Å². The molecule has 0 saturated carbocycles. The number of hydrogen-bond acceptors (Lipinski definition) is 0. The quantitative estimate of drug-likeness (QED) is 0.448. The average molecular weight is 136 g/mol. The van der Waals surface area contributed by atoms with Crippen LogP contribution in [-0.2, 0) is 0 Å². The van der Waals surface area contributed by atoms with Gasteiger partial charge in [-0.15, -0.1) is 0 Å². The molecule has 0 aliphatic heterocycles. The Kier molecular flexibility index (Phi) is 1.21. The summed E-state index contributed by atoms with van der Waals surface area (Å²) in [4.78, 5) is 0. The minimum atomic E-state index is 0.570. The van der Waals surface area contributed by atoms with Crippen molar-refractivity contribution in [2.24, 2.45) is 5.41 Å². The molecule has 0 N–H and O–H groups in total. The highest BCUT2D eigenvalue weighted by atomic mass is 14.5. The first kappa shape index (κ1) is 6.45. The zero-order valence-electron chi connectivity index (χ0n) is 7.04. The van der Waals surface area contributed by atoms with Gasteiger partial charge >= 0.3 is 0 Å². The molecule has 0 aromatic rings. The van der Waals surface area contributed by atoms with Crippen molar-refractivity contribution in [3.8, 4) is 0 Å². The van der Waals surface area contributed by atoms with E-state index in [9.17, 15) is 0 Å². The second-order valence-corrected chi connectivity index (χ2v) is 4.14. The maximum atomic E-state index is 2.38. The van der Waals surface area contributed by atoms with Crippen LogP contribution in [0.2, 0.25) is 0 Å². The van der Waals surface area contributed by atoms with E-state index in [1.54, 1.807) is 11.1 Å². The first-order valence-electron chi connectivity index (χ1n) is 4.46. The SMILES string of the molecule is CC1(C)C2=C1CCCCC2. The van der Waals surface area contributed by atoms with E-state index in [0.29, 0.717) is 5.41 Å². The molecule has 10 heavy (non-hydrogen) atoms. The lowest BCUT2D eigenvalue weighted by Gasteiger charge is -2.08. The van der Waals surface area contributed by atoms with E-state index < -0.39 is 0 Å². The molecule has 0 radical (unpaired) electrons. The van der Waals surface area contributed by atoms with E-state index >= 15 is 0 Å². The molecule has 56 valence electrons. The van der Waals surface area contributed by atoms with Crippen molar-refractivity contribution in [1.29, 1.82) is 0 Å². The van der Waals surface area contributed by atoms with Crippen LogP contribution < -0.4 is 0 Å². The van der Waals surface area contributed by atoms with Crippen LogP contribution in [0.4, 0.5) is 0 Å². The summed E-state index contributed by atoms with van der Waals surface area (Å²) >= 11 is 0. The highest BCUT2D eigenvalue weighted by Gasteiger charge is 2.43. The van der Waals surface area contributed by atoms with Crippen molar-refractivity contribution in [1.82, 2.24) is 0 Å². The Bertz CT molecular complexity index is 166. The van der Waals surface area contributed by atoms with Crippen LogP contribution in [0.1, 0.15) is 46.0 Å². The molecule has 0 aromatic heterocycles. The lowest BCUT2D eigenvalue weighted by atomic mass is 9.96. The molecule has 0 aromatic carbocycles. The van der Waals surface area contributed by atoms with Crippen molar-refractivity contribution < 1.29 is 0 Å². The Morgan fingerprint density at radius 3 is 1.90 bits per heavy atom. The van der Waals surface area contributed by atoms with Gasteiger partial charge in [0.1, 0.15) is 0 Å². The Balaban J connectivity index is 2.10. The van der Waals surface area contributed by atoms with E-state index in [0.717, 1.165) is 0 Å². The lowest BCUT2D eigenvalue weighted by Crippen LogP contribution is -1.95. The Morgan fingerprint density at radius 2 is 1.40 bits per heavy atom. The summed E-state index contributed by atoms with van der Waals surface area (Å²) in [6.07, 6.45) is 7.16. The summed E-state index contributed by atoms with van der Waals surface area (Å²) < 4.78 is 0. The van der Waals surface area contributed by atoms with E-state index in [-0.39, 0.29) is 0 Å². The van der Waals surface area contributed by atoms with Crippen molar-refractivity contribution in [3.63, 3.8) is 0 Å². The second-order valence-electron chi connectivity index (χ2n) is 4.14. The van der Waals surface area contributed by atoms with Crippen LogP contribution in [0.15, 0.2) is 11.1 Å². The van der Waals surface area contributed by atoms with Gasteiger partial charge in [0.15, 0.2) is 0 Å². The molecule has 0 amide bonds. The van der Waals surface area contributed by atoms with Crippen LogP contribution in [0, 0.1) is 5.41 Å². The molecular formula is C10H16. The standard InChI is InChI=1S/C10H16/c1-10(2)8-6-4-3-5-7-9(8)10/h3-7H2,1-2H3. The molecule has 0 nitrogen and oxygen atoms in total. The summed E-state index contributed by atoms with van der Waals surface area (Å²) in [5.74, 6) is 0. The zero-order chi connectivity index (χ0) is 7.19. The fourth-order valence-corrected chi connectivity index (χ4v) is 2.34. The predicted molar refractivity (Wildman–Crippen MR) is 43.9 cm³/mol. The fraction of sp³-hybridized carbons (Fsp3) is 0.800. The summed E-state index contributed by atoms with van der Waals surface area (Å²) in [5.41, 5.74) is 4.16. The molecule has 0 bridgehead atoms. The topological polar surface area (TPSA) is 0 Å². The van der Waals surface area contributed by atoms with Crippen molar-refractivity contribution >= 4 is 0 Å². The lowest BCUT2D eigenvalue weighted by molar-refractivity contribution is 0.573. The molecule has 2 aliphatic rings. The molecule has 0 heteroatoms. The van der Waals surface area contributed by atoms with Crippen LogP contribution in [0.5, 0.6) is 0 Å². The fourth-order valence-electron chi connectivity index (χ4n) is 2.34. The van der Waals surface area contributed by atoms with Crippen LogP contribution in [-0.4, -0.2) is 0 Å². The smallest absolute Gasteiger partial charge is 0.00700 e. The largest absolute Gasteiger partial charge is 0.0604 e. The highest BCUT2D eigenvalue weighted by Crippen LogP contribution is 2.57. The van der Waals surface area contributed by atoms with Gasteiger partial charge < -0.3 is 0 Å². The summed E-state index contributed by atoms with van der Waals surface area (Å²) in [5, 5.41) is 0. The summed E-state index contributed by atoms with van der Waals surface area (Å²) in [7, 11) is 0. The van der Waals surface area contributed by atoms with Crippen molar-refractivity contribution in [3.05, 3.63) is 11.1 Å². The minimum absolute atomic E-state index is 0.570. The van der Waals surface area contributed by atoms with E-state index in [1.807, 2.05) is 0 Å².